The quantitative estimate of drug-likeness (QED) is 0.782. The topological polar surface area (TPSA) is 75.7 Å². The van der Waals surface area contributed by atoms with Crippen LogP contribution in [0.5, 0.6) is 5.75 Å². The molecule has 0 aromatic heterocycles. The average Bonchev–Trinajstić information content (AvgIpc) is 2.92. The van der Waals surface area contributed by atoms with Crippen LogP contribution in [-0.2, 0) is 9.59 Å². The predicted molar refractivity (Wildman–Crippen MR) is 107 cm³/mol. The van der Waals surface area contributed by atoms with Crippen LogP contribution in [0, 0.1) is 13.8 Å². The van der Waals surface area contributed by atoms with Crippen molar-refractivity contribution in [2.45, 2.75) is 33.7 Å². The number of anilines is 1. The first kappa shape index (κ1) is 19.6. The second kappa shape index (κ2) is 7.84. The van der Waals surface area contributed by atoms with Gasteiger partial charge in [-0.15, -0.1) is 0 Å². The molecule has 6 nitrogen and oxygen atoms in total. The molecular weight excluding hydrogens is 356 g/mol. The van der Waals surface area contributed by atoms with Crippen molar-refractivity contribution in [2.75, 3.05) is 18.1 Å². The Balaban J connectivity index is 1.77. The summed E-state index contributed by atoms with van der Waals surface area (Å²) < 4.78 is 5.76. The van der Waals surface area contributed by atoms with Gasteiger partial charge in [0.05, 0.1) is 12.2 Å². The van der Waals surface area contributed by atoms with Crippen LogP contribution in [-0.4, -0.2) is 30.7 Å². The zero-order valence-corrected chi connectivity index (χ0v) is 16.5. The highest BCUT2D eigenvalue weighted by Crippen LogP contribution is 2.40. The van der Waals surface area contributed by atoms with Crippen molar-refractivity contribution >= 4 is 23.3 Å². The summed E-state index contributed by atoms with van der Waals surface area (Å²) in [5, 5.41) is 2.77. The van der Waals surface area contributed by atoms with Crippen LogP contribution in [0.3, 0.4) is 0 Å². The fraction of sp³-hybridized carbons (Fsp3) is 0.318. The van der Waals surface area contributed by atoms with E-state index in [1.54, 1.807) is 29.2 Å². The molecule has 28 heavy (non-hydrogen) atoms. The third kappa shape index (κ3) is 3.76. The number of nitrogens with zero attached hydrogens (tertiary/aromatic N) is 1. The van der Waals surface area contributed by atoms with Gasteiger partial charge in [0.2, 0.25) is 5.91 Å². The number of ether oxygens (including phenoxy) is 1. The Kier molecular flexibility index (Phi) is 5.49. The molecule has 1 N–H and O–H groups in total. The maximum atomic E-state index is 13.0. The van der Waals surface area contributed by atoms with Crippen LogP contribution in [0.4, 0.5) is 5.69 Å². The van der Waals surface area contributed by atoms with Gasteiger partial charge in [-0.3, -0.25) is 14.4 Å². The van der Waals surface area contributed by atoms with Crippen molar-refractivity contribution in [3.63, 3.8) is 0 Å². The number of Topliss-reactive ketones (excluding diaryl/α,β-unsaturated/α-hetero) is 1. The minimum atomic E-state index is -0.665. The zero-order chi connectivity index (χ0) is 20.4. The van der Waals surface area contributed by atoms with Gasteiger partial charge in [0, 0.05) is 18.1 Å². The number of amides is 2. The molecule has 1 atom stereocenters. The van der Waals surface area contributed by atoms with Crippen LogP contribution in [0.1, 0.15) is 46.9 Å². The first-order chi connectivity index (χ1) is 13.3. The van der Waals surface area contributed by atoms with Crippen molar-refractivity contribution in [2.24, 2.45) is 0 Å². The molecule has 6 heteroatoms. The summed E-state index contributed by atoms with van der Waals surface area (Å²) in [6, 6.07) is 10.2. The van der Waals surface area contributed by atoms with Gasteiger partial charge in [0.25, 0.3) is 5.91 Å². The molecule has 2 aromatic rings. The number of hydrogen-bond acceptors (Lipinski definition) is 4. The molecule has 0 radical (unpaired) electrons. The minimum Gasteiger partial charge on any atom is -0.492 e. The highest BCUT2D eigenvalue weighted by atomic mass is 16.5. The zero-order valence-electron chi connectivity index (χ0n) is 16.5. The van der Waals surface area contributed by atoms with Gasteiger partial charge in [0.1, 0.15) is 18.4 Å². The third-order valence-corrected chi connectivity index (χ3v) is 4.90. The molecule has 2 amide bonds. The van der Waals surface area contributed by atoms with Gasteiger partial charge in [0.15, 0.2) is 5.78 Å². The molecule has 0 fully saturated rings. The Labute approximate surface area is 164 Å². The van der Waals surface area contributed by atoms with Crippen molar-refractivity contribution < 1.29 is 19.1 Å². The van der Waals surface area contributed by atoms with E-state index in [1.807, 2.05) is 26.0 Å². The largest absolute Gasteiger partial charge is 0.492 e. The van der Waals surface area contributed by atoms with Crippen LogP contribution in [0.2, 0.25) is 0 Å². The summed E-state index contributed by atoms with van der Waals surface area (Å²) in [6.45, 7) is 7.48. The van der Waals surface area contributed by atoms with E-state index in [9.17, 15) is 14.4 Å². The van der Waals surface area contributed by atoms with E-state index in [0.717, 1.165) is 22.4 Å². The molecule has 0 saturated carbocycles. The maximum Gasteiger partial charge on any atom is 0.254 e. The molecular formula is C22H24N2O4. The molecule has 2 aromatic carbocycles. The van der Waals surface area contributed by atoms with Gasteiger partial charge < -0.3 is 15.0 Å². The molecule has 1 aliphatic heterocycles. The normalized spacial score (nSPS) is 15.4. The molecule has 3 rings (SSSR count). The Bertz CT molecular complexity index is 934. The minimum absolute atomic E-state index is 0.000628. The number of rotatable bonds is 6. The fourth-order valence-corrected chi connectivity index (χ4v) is 3.53. The lowest BCUT2D eigenvalue weighted by Gasteiger charge is -2.20. The van der Waals surface area contributed by atoms with Gasteiger partial charge >= 0.3 is 0 Å². The molecule has 1 heterocycles. The fourth-order valence-electron chi connectivity index (χ4n) is 3.53. The molecule has 1 unspecified atom stereocenters. The van der Waals surface area contributed by atoms with E-state index in [0.29, 0.717) is 24.5 Å². The summed E-state index contributed by atoms with van der Waals surface area (Å²) in [4.78, 5) is 37.6. The van der Waals surface area contributed by atoms with E-state index < -0.39 is 6.04 Å². The second-order valence-electron chi connectivity index (χ2n) is 7.01. The van der Waals surface area contributed by atoms with Crippen molar-refractivity contribution in [1.82, 2.24) is 5.32 Å². The van der Waals surface area contributed by atoms with Gasteiger partial charge in [-0.05, 0) is 56.2 Å². The summed E-state index contributed by atoms with van der Waals surface area (Å²) in [7, 11) is 0. The first-order valence-corrected chi connectivity index (χ1v) is 9.22. The van der Waals surface area contributed by atoms with Crippen LogP contribution >= 0.6 is 0 Å². The Morgan fingerprint density at radius 1 is 1.04 bits per heavy atom. The van der Waals surface area contributed by atoms with E-state index in [-0.39, 0.29) is 17.6 Å². The SMILES string of the molecule is CC(=O)NC1C(=O)N(CCOc2ccc(C(C)=O)cc2)c2c(C)ccc(C)c21. The van der Waals surface area contributed by atoms with Gasteiger partial charge in [-0.2, -0.15) is 0 Å². The number of hydrogen-bond donors (Lipinski definition) is 1. The molecule has 0 spiro atoms. The van der Waals surface area contributed by atoms with E-state index in [2.05, 4.69) is 5.32 Å². The number of carbonyl (C=O) groups excluding carboxylic acids is 3. The number of ketones is 1. The van der Waals surface area contributed by atoms with Crippen molar-refractivity contribution in [3.05, 3.63) is 58.7 Å². The second-order valence-corrected chi connectivity index (χ2v) is 7.01. The lowest BCUT2D eigenvalue weighted by molar-refractivity contribution is -0.126. The molecule has 0 aliphatic carbocycles. The van der Waals surface area contributed by atoms with Crippen LogP contribution in [0.15, 0.2) is 36.4 Å². The lowest BCUT2D eigenvalue weighted by atomic mass is 9.99. The number of carbonyl (C=O) groups is 3. The summed E-state index contributed by atoms with van der Waals surface area (Å²) in [5.74, 6) is 0.240. The number of aryl methyl sites for hydroxylation is 2. The highest BCUT2D eigenvalue weighted by molar-refractivity contribution is 6.07. The predicted octanol–water partition coefficient (Wildman–Crippen LogP) is 3.11. The maximum absolute atomic E-state index is 13.0. The average molecular weight is 380 g/mol. The Hall–Kier alpha value is -3.15. The number of nitrogens with one attached hydrogen (secondary N) is 1. The number of fused-ring (bicyclic) bond motifs is 1. The molecule has 0 saturated heterocycles. The monoisotopic (exact) mass is 380 g/mol. The van der Waals surface area contributed by atoms with Crippen molar-refractivity contribution in [1.29, 1.82) is 0 Å². The third-order valence-electron chi connectivity index (χ3n) is 4.90. The molecule has 146 valence electrons. The summed E-state index contributed by atoms with van der Waals surface area (Å²) in [5.41, 5.74) is 4.27. The van der Waals surface area contributed by atoms with Crippen LogP contribution in [0.25, 0.3) is 0 Å². The van der Waals surface area contributed by atoms with Gasteiger partial charge in [-0.25, -0.2) is 0 Å². The Morgan fingerprint density at radius 2 is 1.68 bits per heavy atom. The number of benzene rings is 2. The summed E-state index contributed by atoms with van der Waals surface area (Å²) >= 11 is 0. The van der Waals surface area contributed by atoms with E-state index >= 15 is 0 Å². The van der Waals surface area contributed by atoms with Crippen LogP contribution < -0.4 is 15.0 Å². The van der Waals surface area contributed by atoms with Crippen molar-refractivity contribution in [3.8, 4) is 5.75 Å². The smallest absolute Gasteiger partial charge is 0.254 e. The summed E-state index contributed by atoms with van der Waals surface area (Å²) in [6.07, 6.45) is 0. The first-order valence-electron chi connectivity index (χ1n) is 9.22. The van der Waals surface area contributed by atoms with E-state index in [4.69, 9.17) is 4.74 Å². The molecule has 0 bridgehead atoms. The Morgan fingerprint density at radius 3 is 2.29 bits per heavy atom. The highest BCUT2D eigenvalue weighted by Gasteiger charge is 2.39. The van der Waals surface area contributed by atoms with E-state index in [1.165, 1.54) is 13.8 Å². The molecule has 1 aliphatic rings. The van der Waals surface area contributed by atoms with Gasteiger partial charge in [-0.1, -0.05) is 12.1 Å². The lowest BCUT2D eigenvalue weighted by Crippen LogP contribution is -2.38. The standard InChI is InChI=1S/C22H24N2O4/c1-13-5-6-14(2)21-19(13)20(23-16(4)26)22(27)24(21)11-12-28-18-9-7-17(8-10-18)15(3)25/h5-10,20H,11-12H2,1-4H3,(H,23,26).